The van der Waals surface area contributed by atoms with Gasteiger partial charge in [0.15, 0.2) is 0 Å². The summed E-state index contributed by atoms with van der Waals surface area (Å²) in [7, 11) is 0. The molecule has 2 nitrogen and oxygen atoms in total. The van der Waals surface area contributed by atoms with E-state index in [2.05, 4.69) is 24.1 Å². The molecule has 2 aliphatic rings. The summed E-state index contributed by atoms with van der Waals surface area (Å²) in [6.07, 6.45) is 8.50. The lowest BCUT2D eigenvalue weighted by Crippen LogP contribution is -2.30. The minimum Gasteiger partial charge on any atom is -0.316 e. The van der Waals surface area contributed by atoms with Crippen LogP contribution in [-0.2, 0) is 0 Å². The maximum Gasteiger partial charge on any atom is 0.00381 e. The quantitative estimate of drug-likeness (QED) is 0.654. The first-order valence-electron chi connectivity index (χ1n) is 7.71. The fourth-order valence-corrected chi connectivity index (χ4v) is 3.37. The van der Waals surface area contributed by atoms with Crippen molar-refractivity contribution in [3.8, 4) is 0 Å². The molecule has 1 unspecified atom stereocenters. The van der Waals surface area contributed by atoms with Crippen LogP contribution in [0.2, 0.25) is 0 Å². The van der Waals surface area contributed by atoms with Crippen molar-refractivity contribution < 1.29 is 0 Å². The van der Waals surface area contributed by atoms with Crippen molar-refractivity contribution in [2.45, 2.75) is 52.4 Å². The summed E-state index contributed by atoms with van der Waals surface area (Å²) < 4.78 is 0. The molecule has 2 fully saturated rings. The van der Waals surface area contributed by atoms with Gasteiger partial charge in [-0.2, -0.15) is 0 Å². The van der Waals surface area contributed by atoms with Crippen LogP contribution in [0.1, 0.15) is 52.4 Å². The molecular weight excluding hydrogens is 208 g/mol. The molecular formula is C15H30N2. The predicted octanol–water partition coefficient (Wildman–Crippen LogP) is 2.89. The van der Waals surface area contributed by atoms with Crippen LogP contribution in [-0.4, -0.2) is 37.6 Å². The second-order valence-electron chi connectivity index (χ2n) is 6.34. The van der Waals surface area contributed by atoms with Crippen LogP contribution in [0.4, 0.5) is 0 Å². The van der Waals surface area contributed by atoms with Crippen LogP contribution in [0, 0.1) is 11.3 Å². The standard InChI is InChI=1S/C15H30N2/c1-3-6-15(7-8-15)13-17-10-5-14(12-17)11-16-9-4-2/h14,16H,3-13H2,1-2H3. The van der Waals surface area contributed by atoms with Crippen LogP contribution in [0.5, 0.6) is 0 Å². The molecule has 1 N–H and O–H groups in total. The summed E-state index contributed by atoms with van der Waals surface area (Å²) in [6, 6.07) is 0. The highest BCUT2D eigenvalue weighted by atomic mass is 15.2. The highest BCUT2D eigenvalue weighted by Gasteiger charge is 2.43. The molecule has 0 aromatic rings. The molecule has 0 radical (unpaired) electrons. The van der Waals surface area contributed by atoms with Gasteiger partial charge in [-0.25, -0.2) is 0 Å². The molecule has 1 heterocycles. The fraction of sp³-hybridized carbons (Fsp3) is 1.00. The Morgan fingerprint density at radius 1 is 1.24 bits per heavy atom. The van der Waals surface area contributed by atoms with E-state index in [1.807, 2.05) is 0 Å². The van der Waals surface area contributed by atoms with E-state index in [0.717, 1.165) is 11.3 Å². The van der Waals surface area contributed by atoms with Crippen LogP contribution in [0.3, 0.4) is 0 Å². The third-order valence-electron chi connectivity index (χ3n) is 4.53. The lowest BCUT2D eigenvalue weighted by molar-refractivity contribution is 0.244. The van der Waals surface area contributed by atoms with E-state index in [-0.39, 0.29) is 0 Å². The van der Waals surface area contributed by atoms with Crippen LogP contribution < -0.4 is 5.32 Å². The smallest absolute Gasteiger partial charge is 0.00381 e. The van der Waals surface area contributed by atoms with E-state index in [0.29, 0.717) is 0 Å². The van der Waals surface area contributed by atoms with Gasteiger partial charge in [0.1, 0.15) is 0 Å². The van der Waals surface area contributed by atoms with Gasteiger partial charge in [0.2, 0.25) is 0 Å². The summed E-state index contributed by atoms with van der Waals surface area (Å²) in [4.78, 5) is 2.74. The van der Waals surface area contributed by atoms with Gasteiger partial charge in [0.25, 0.3) is 0 Å². The summed E-state index contributed by atoms with van der Waals surface area (Å²) in [5, 5.41) is 3.57. The molecule has 1 aliphatic carbocycles. The largest absolute Gasteiger partial charge is 0.316 e. The monoisotopic (exact) mass is 238 g/mol. The highest BCUT2D eigenvalue weighted by Crippen LogP contribution is 2.50. The fourth-order valence-electron chi connectivity index (χ4n) is 3.37. The molecule has 0 spiro atoms. The maximum atomic E-state index is 3.57. The number of rotatable bonds is 8. The molecule has 1 atom stereocenters. The molecule has 1 saturated carbocycles. The predicted molar refractivity (Wildman–Crippen MR) is 74.3 cm³/mol. The van der Waals surface area contributed by atoms with Gasteiger partial charge in [-0.05, 0) is 63.1 Å². The zero-order valence-corrected chi connectivity index (χ0v) is 11.8. The number of nitrogens with one attached hydrogen (secondary N) is 1. The van der Waals surface area contributed by atoms with E-state index in [1.165, 1.54) is 71.2 Å². The van der Waals surface area contributed by atoms with Gasteiger partial charge >= 0.3 is 0 Å². The van der Waals surface area contributed by atoms with Crippen molar-refractivity contribution in [2.75, 3.05) is 32.7 Å². The van der Waals surface area contributed by atoms with Crippen molar-refractivity contribution in [3.63, 3.8) is 0 Å². The van der Waals surface area contributed by atoms with E-state index < -0.39 is 0 Å². The summed E-state index contributed by atoms with van der Waals surface area (Å²) in [5.41, 5.74) is 0.750. The highest BCUT2D eigenvalue weighted by molar-refractivity contribution is 4.96. The van der Waals surface area contributed by atoms with Crippen molar-refractivity contribution in [1.29, 1.82) is 0 Å². The first kappa shape index (κ1) is 13.4. The Bertz CT molecular complexity index is 223. The maximum absolute atomic E-state index is 3.57. The van der Waals surface area contributed by atoms with Gasteiger partial charge in [0.05, 0.1) is 0 Å². The second-order valence-corrected chi connectivity index (χ2v) is 6.34. The minimum atomic E-state index is 0.750. The number of nitrogens with zero attached hydrogens (tertiary/aromatic N) is 1. The minimum absolute atomic E-state index is 0.750. The average Bonchev–Trinajstić information content (AvgIpc) is 2.91. The normalized spacial score (nSPS) is 27.5. The Hall–Kier alpha value is -0.0800. The van der Waals surface area contributed by atoms with Crippen molar-refractivity contribution >= 4 is 0 Å². The summed E-state index contributed by atoms with van der Waals surface area (Å²) >= 11 is 0. The first-order chi connectivity index (χ1) is 8.28. The Kier molecular flexibility index (Phi) is 4.87. The zero-order chi connectivity index (χ0) is 12.1. The average molecular weight is 238 g/mol. The molecule has 2 rings (SSSR count). The third kappa shape index (κ3) is 3.96. The lowest BCUT2D eigenvalue weighted by Gasteiger charge is -2.23. The third-order valence-corrected chi connectivity index (χ3v) is 4.53. The molecule has 1 saturated heterocycles. The van der Waals surface area contributed by atoms with Crippen LogP contribution in [0.15, 0.2) is 0 Å². The van der Waals surface area contributed by atoms with Gasteiger partial charge in [0, 0.05) is 13.1 Å². The van der Waals surface area contributed by atoms with Crippen molar-refractivity contribution in [3.05, 3.63) is 0 Å². The first-order valence-corrected chi connectivity index (χ1v) is 7.71. The lowest BCUT2D eigenvalue weighted by atomic mass is 10.0. The van der Waals surface area contributed by atoms with Gasteiger partial charge in [-0.1, -0.05) is 20.3 Å². The van der Waals surface area contributed by atoms with E-state index in [4.69, 9.17) is 0 Å². The molecule has 0 aromatic heterocycles. The van der Waals surface area contributed by atoms with Crippen molar-refractivity contribution in [2.24, 2.45) is 11.3 Å². The van der Waals surface area contributed by atoms with Gasteiger partial charge in [-0.3, -0.25) is 0 Å². The Morgan fingerprint density at radius 2 is 2.06 bits per heavy atom. The summed E-state index contributed by atoms with van der Waals surface area (Å²) in [6.45, 7) is 11.1. The second kappa shape index (κ2) is 6.19. The van der Waals surface area contributed by atoms with Gasteiger partial charge < -0.3 is 10.2 Å². The number of hydrogen-bond donors (Lipinski definition) is 1. The van der Waals surface area contributed by atoms with Crippen LogP contribution in [0.25, 0.3) is 0 Å². The number of hydrogen-bond acceptors (Lipinski definition) is 2. The molecule has 100 valence electrons. The van der Waals surface area contributed by atoms with Crippen LogP contribution >= 0.6 is 0 Å². The van der Waals surface area contributed by atoms with E-state index in [9.17, 15) is 0 Å². The molecule has 0 bridgehead atoms. The zero-order valence-electron chi connectivity index (χ0n) is 11.8. The topological polar surface area (TPSA) is 15.3 Å². The SMILES string of the molecule is CCCNCC1CCN(CC2(CCC)CC2)C1. The van der Waals surface area contributed by atoms with Crippen molar-refractivity contribution in [1.82, 2.24) is 10.2 Å². The van der Waals surface area contributed by atoms with E-state index >= 15 is 0 Å². The summed E-state index contributed by atoms with van der Waals surface area (Å²) in [5.74, 6) is 0.916. The molecule has 0 amide bonds. The van der Waals surface area contributed by atoms with E-state index in [1.54, 1.807) is 0 Å². The van der Waals surface area contributed by atoms with Gasteiger partial charge in [-0.15, -0.1) is 0 Å². The molecule has 0 aromatic carbocycles. The molecule has 1 aliphatic heterocycles. The Balaban J connectivity index is 1.64. The number of likely N-dealkylation sites (tertiary alicyclic amines) is 1. The Labute approximate surface area is 107 Å². The molecule has 2 heteroatoms. The molecule has 17 heavy (non-hydrogen) atoms. The Morgan fingerprint density at radius 3 is 2.71 bits per heavy atom.